The third kappa shape index (κ3) is 3.06. The first-order chi connectivity index (χ1) is 13.5. The number of aromatic nitrogens is 3. The molecule has 1 aromatic carbocycles. The van der Waals surface area contributed by atoms with E-state index in [1.807, 2.05) is 18.2 Å². The summed E-state index contributed by atoms with van der Waals surface area (Å²) in [7, 11) is 0. The summed E-state index contributed by atoms with van der Waals surface area (Å²) >= 11 is 7.74. The topological polar surface area (TPSA) is 88.2 Å². The Hall–Kier alpha value is -2.45. The number of alkyl halides is 1. The lowest BCUT2D eigenvalue weighted by atomic mass is 10.2. The van der Waals surface area contributed by atoms with Gasteiger partial charge in [-0.15, -0.1) is 11.6 Å². The van der Waals surface area contributed by atoms with Crippen LogP contribution in [0.5, 0.6) is 5.75 Å². The van der Waals surface area contributed by atoms with E-state index < -0.39 is 11.0 Å². The molecule has 5 rings (SSSR count). The van der Waals surface area contributed by atoms with Crippen molar-refractivity contribution in [1.29, 1.82) is 0 Å². The number of ether oxygens (including phenoxy) is 1. The monoisotopic (exact) mass is 416 g/mol. The Morgan fingerprint density at radius 2 is 2.07 bits per heavy atom. The second-order valence-corrected chi connectivity index (χ2v) is 8.85. The molecule has 9 heteroatoms. The molecule has 144 valence electrons. The average Bonchev–Trinajstić information content (AvgIpc) is 3.11. The number of likely N-dealkylation sites (tertiary alicyclic amines) is 1. The number of halogens is 1. The van der Waals surface area contributed by atoms with E-state index in [2.05, 4.69) is 15.0 Å². The maximum absolute atomic E-state index is 12.7. The molecule has 2 fully saturated rings. The number of aromatic amines is 1. The molecule has 1 amide bonds. The molecule has 28 heavy (non-hydrogen) atoms. The van der Waals surface area contributed by atoms with Gasteiger partial charge in [-0.25, -0.2) is 14.8 Å². The second-order valence-electron chi connectivity index (χ2n) is 7.12. The fourth-order valence-corrected chi connectivity index (χ4v) is 4.71. The van der Waals surface area contributed by atoms with Gasteiger partial charge < -0.3 is 9.72 Å². The van der Waals surface area contributed by atoms with Crippen LogP contribution in [0, 0.1) is 0 Å². The number of carbonyl (C=O) groups is 1. The molecule has 0 spiro atoms. The maximum atomic E-state index is 12.7. The van der Waals surface area contributed by atoms with E-state index in [1.54, 1.807) is 17.0 Å². The van der Waals surface area contributed by atoms with Crippen molar-refractivity contribution in [3.63, 3.8) is 0 Å². The van der Waals surface area contributed by atoms with Crippen LogP contribution in [0.1, 0.15) is 42.6 Å². The highest BCUT2D eigenvalue weighted by atomic mass is 35.5. The van der Waals surface area contributed by atoms with Crippen LogP contribution in [-0.2, 0) is 4.87 Å². The van der Waals surface area contributed by atoms with Crippen LogP contribution < -0.4 is 10.3 Å². The Balaban J connectivity index is 1.44. The molecular weight excluding hydrogens is 400 g/mol. The predicted molar refractivity (Wildman–Crippen MR) is 106 cm³/mol. The van der Waals surface area contributed by atoms with Crippen molar-refractivity contribution in [2.75, 3.05) is 6.54 Å². The fraction of sp³-hybridized carbons (Fsp3) is 0.368. The van der Waals surface area contributed by atoms with Crippen LogP contribution in [-0.4, -0.2) is 32.5 Å². The Morgan fingerprint density at radius 3 is 2.82 bits per heavy atom. The molecule has 0 unspecified atom stereocenters. The van der Waals surface area contributed by atoms with E-state index in [-0.39, 0.29) is 11.6 Å². The number of para-hydroxylation sites is 1. The van der Waals surface area contributed by atoms with Crippen molar-refractivity contribution in [2.24, 2.45) is 0 Å². The maximum Gasteiger partial charge on any atom is 0.415 e. The van der Waals surface area contributed by atoms with Crippen LogP contribution in [0.4, 0.5) is 4.79 Å². The fourth-order valence-electron chi connectivity index (χ4n) is 3.44. The molecule has 1 aliphatic heterocycles. The van der Waals surface area contributed by atoms with E-state index in [1.165, 1.54) is 11.3 Å². The molecule has 1 saturated heterocycles. The van der Waals surface area contributed by atoms with Gasteiger partial charge in [0, 0.05) is 6.54 Å². The summed E-state index contributed by atoms with van der Waals surface area (Å²) < 4.78 is 5.48. The van der Waals surface area contributed by atoms with Crippen LogP contribution in [0.3, 0.4) is 0 Å². The van der Waals surface area contributed by atoms with Crippen LogP contribution in [0.2, 0.25) is 0 Å². The lowest BCUT2D eigenvalue weighted by Crippen LogP contribution is -2.33. The van der Waals surface area contributed by atoms with E-state index in [4.69, 9.17) is 16.3 Å². The van der Waals surface area contributed by atoms with Crippen molar-refractivity contribution in [2.45, 2.75) is 36.6 Å². The number of carbonyl (C=O) groups excluding carboxylic acids is 1. The van der Waals surface area contributed by atoms with E-state index in [0.717, 1.165) is 25.7 Å². The Kier molecular flexibility index (Phi) is 4.13. The van der Waals surface area contributed by atoms with Gasteiger partial charge in [0.1, 0.15) is 21.5 Å². The zero-order chi connectivity index (χ0) is 19.3. The van der Waals surface area contributed by atoms with Gasteiger partial charge in [-0.05, 0) is 37.8 Å². The number of hydrogen-bond donors (Lipinski definition) is 1. The Bertz CT molecular complexity index is 1110. The highest BCUT2D eigenvalue weighted by molar-refractivity contribution is 7.18. The molecule has 3 aromatic rings. The van der Waals surface area contributed by atoms with Crippen LogP contribution in [0.15, 0.2) is 35.1 Å². The lowest BCUT2D eigenvalue weighted by molar-refractivity contribution is 0.147. The predicted octanol–water partition coefficient (Wildman–Crippen LogP) is 3.94. The molecule has 1 saturated carbocycles. The van der Waals surface area contributed by atoms with Crippen molar-refractivity contribution in [1.82, 2.24) is 19.9 Å². The van der Waals surface area contributed by atoms with Gasteiger partial charge in [0.25, 0.3) is 5.56 Å². The zero-order valence-electron chi connectivity index (χ0n) is 14.9. The Labute approximate surface area is 169 Å². The number of H-pyrrole nitrogens is 1. The van der Waals surface area contributed by atoms with Crippen molar-refractivity contribution in [3.05, 3.63) is 51.5 Å². The molecule has 1 atom stereocenters. The molecule has 0 bridgehead atoms. The minimum atomic E-state index is -0.545. The SMILES string of the molecule is O=C(Oc1ccccc1)N1CCC[C@@H]1c1nc2c(=O)[nH]c(C3(Cl)CC3)nc2s1. The highest BCUT2D eigenvalue weighted by Gasteiger charge is 2.45. The molecule has 1 N–H and O–H groups in total. The van der Waals surface area contributed by atoms with Gasteiger partial charge in [0.2, 0.25) is 0 Å². The largest absolute Gasteiger partial charge is 0.415 e. The molecule has 1 aliphatic carbocycles. The molecule has 3 heterocycles. The quantitative estimate of drug-likeness (QED) is 0.653. The van der Waals surface area contributed by atoms with Crippen LogP contribution in [0.25, 0.3) is 10.3 Å². The van der Waals surface area contributed by atoms with E-state index in [0.29, 0.717) is 33.5 Å². The van der Waals surface area contributed by atoms with Crippen molar-refractivity contribution >= 4 is 39.4 Å². The summed E-state index contributed by atoms with van der Waals surface area (Å²) in [5.74, 6) is 1.01. The third-order valence-corrected chi connectivity index (χ3v) is 6.73. The van der Waals surface area contributed by atoms with Gasteiger partial charge in [-0.2, -0.15) is 0 Å². The summed E-state index contributed by atoms with van der Waals surface area (Å²) in [4.78, 5) is 38.6. The van der Waals surface area contributed by atoms with Gasteiger partial charge in [-0.3, -0.25) is 9.69 Å². The summed E-state index contributed by atoms with van der Waals surface area (Å²) in [6.45, 7) is 0.589. The first-order valence-electron chi connectivity index (χ1n) is 9.17. The lowest BCUT2D eigenvalue weighted by Gasteiger charge is -2.22. The first kappa shape index (κ1) is 17.6. The minimum Gasteiger partial charge on any atom is -0.410 e. The summed E-state index contributed by atoms with van der Waals surface area (Å²) in [5, 5.41) is 0.701. The third-order valence-electron chi connectivity index (χ3n) is 5.12. The second kappa shape index (κ2) is 6.56. The summed E-state index contributed by atoms with van der Waals surface area (Å²) in [6, 6.07) is 8.76. The number of fused-ring (bicyclic) bond motifs is 1. The number of rotatable bonds is 3. The smallest absolute Gasteiger partial charge is 0.410 e. The van der Waals surface area contributed by atoms with Crippen molar-refractivity contribution in [3.8, 4) is 5.75 Å². The number of nitrogens with zero attached hydrogens (tertiary/aromatic N) is 3. The van der Waals surface area contributed by atoms with E-state index in [9.17, 15) is 9.59 Å². The molecule has 2 aromatic heterocycles. The number of hydrogen-bond acceptors (Lipinski definition) is 6. The molecular formula is C19H17ClN4O3S. The number of benzene rings is 1. The molecule has 7 nitrogen and oxygen atoms in total. The first-order valence-corrected chi connectivity index (χ1v) is 10.4. The molecule has 0 radical (unpaired) electrons. The van der Waals surface area contributed by atoms with Crippen LogP contribution >= 0.6 is 22.9 Å². The van der Waals surface area contributed by atoms with E-state index >= 15 is 0 Å². The van der Waals surface area contributed by atoms with Gasteiger partial charge in [-0.1, -0.05) is 29.5 Å². The number of amides is 1. The minimum absolute atomic E-state index is 0.218. The summed E-state index contributed by atoms with van der Waals surface area (Å²) in [5.41, 5.74) is 0.0128. The van der Waals surface area contributed by atoms with Gasteiger partial charge >= 0.3 is 6.09 Å². The Morgan fingerprint density at radius 1 is 1.29 bits per heavy atom. The molecule has 2 aliphatic rings. The normalized spacial score (nSPS) is 20.5. The van der Waals surface area contributed by atoms with Gasteiger partial charge in [0.15, 0.2) is 10.3 Å². The number of nitrogens with one attached hydrogen (secondary N) is 1. The zero-order valence-corrected chi connectivity index (χ0v) is 16.4. The average molecular weight is 417 g/mol. The number of thiazole rings is 1. The summed E-state index contributed by atoms with van der Waals surface area (Å²) in [6.07, 6.45) is 2.82. The standard InChI is InChI=1S/C19H17ClN4O3S/c20-19(8-9-19)17-22-14(25)13-16(23-17)28-15(21-13)12-7-4-10-24(12)18(26)27-11-5-2-1-3-6-11/h1-3,5-6,12H,4,7-10H2,(H,22,23,25)/t12-/m1/s1. The highest BCUT2D eigenvalue weighted by Crippen LogP contribution is 2.50. The van der Waals surface area contributed by atoms with Crippen molar-refractivity contribution < 1.29 is 9.53 Å². The van der Waals surface area contributed by atoms with Gasteiger partial charge in [0.05, 0.1) is 6.04 Å².